The second-order valence-corrected chi connectivity index (χ2v) is 5.54. The Morgan fingerprint density at radius 3 is 2.92 bits per heavy atom. The van der Waals surface area contributed by atoms with Crippen molar-refractivity contribution in [3.05, 3.63) is 53.9 Å². The molecule has 0 spiro atoms. The van der Waals surface area contributed by atoms with Crippen LogP contribution in [0.2, 0.25) is 0 Å². The number of ether oxygens (including phenoxy) is 1. The number of hydrogen-bond donors (Lipinski definition) is 0. The van der Waals surface area contributed by atoms with E-state index in [1.165, 1.54) is 0 Å². The van der Waals surface area contributed by atoms with Crippen molar-refractivity contribution in [2.45, 2.75) is 19.9 Å². The van der Waals surface area contributed by atoms with E-state index in [1.807, 2.05) is 41.2 Å². The first-order chi connectivity index (χ1) is 11.8. The Labute approximate surface area is 139 Å². The lowest BCUT2D eigenvalue weighted by Gasteiger charge is -2.17. The Kier molecular flexibility index (Phi) is 3.57. The molecule has 3 heterocycles. The molecule has 0 N–H and O–H groups in total. The average Bonchev–Trinajstić information content (AvgIpc) is 3.07. The van der Waals surface area contributed by atoms with Crippen molar-refractivity contribution in [2.24, 2.45) is 0 Å². The molecule has 3 aromatic rings. The van der Waals surface area contributed by atoms with Gasteiger partial charge < -0.3 is 4.74 Å². The largest absolute Gasteiger partial charge is 0.461 e. The van der Waals surface area contributed by atoms with Crippen LogP contribution in [0.4, 0.5) is 0 Å². The van der Waals surface area contributed by atoms with Gasteiger partial charge in [0.15, 0.2) is 11.5 Å². The molecular formula is C18H16N4O2. The third kappa shape index (κ3) is 2.46. The maximum Gasteiger partial charge on any atom is 0.358 e. The van der Waals surface area contributed by atoms with E-state index in [4.69, 9.17) is 9.72 Å². The van der Waals surface area contributed by atoms with Gasteiger partial charge in [0.05, 0.1) is 18.0 Å². The van der Waals surface area contributed by atoms with Gasteiger partial charge in [-0.15, -0.1) is 0 Å². The molecule has 6 heteroatoms. The van der Waals surface area contributed by atoms with E-state index in [1.54, 1.807) is 13.0 Å². The summed E-state index contributed by atoms with van der Waals surface area (Å²) in [5.74, 6) is 0.264. The molecule has 1 aliphatic heterocycles. The zero-order chi connectivity index (χ0) is 16.5. The van der Waals surface area contributed by atoms with E-state index in [9.17, 15) is 4.79 Å². The second-order valence-electron chi connectivity index (χ2n) is 5.54. The molecule has 1 aromatic carbocycles. The summed E-state index contributed by atoms with van der Waals surface area (Å²) < 4.78 is 6.85. The van der Waals surface area contributed by atoms with Crippen LogP contribution in [0.25, 0.3) is 22.8 Å². The van der Waals surface area contributed by atoms with Gasteiger partial charge in [0, 0.05) is 29.9 Å². The molecule has 120 valence electrons. The summed E-state index contributed by atoms with van der Waals surface area (Å²) in [7, 11) is 0. The minimum absolute atomic E-state index is 0.319. The normalized spacial score (nSPS) is 12.4. The molecule has 0 fully saturated rings. The molecule has 2 aromatic heterocycles. The van der Waals surface area contributed by atoms with Crippen LogP contribution < -0.4 is 0 Å². The van der Waals surface area contributed by atoms with Gasteiger partial charge >= 0.3 is 5.97 Å². The number of fused-ring (bicyclic) bond motifs is 3. The Hall–Kier alpha value is -3.02. The zero-order valence-electron chi connectivity index (χ0n) is 13.3. The first kappa shape index (κ1) is 14.6. The Balaban J connectivity index is 1.78. The number of hydrogen-bond acceptors (Lipinski definition) is 5. The van der Waals surface area contributed by atoms with Crippen molar-refractivity contribution >= 4 is 5.97 Å². The van der Waals surface area contributed by atoms with Gasteiger partial charge in [0.1, 0.15) is 0 Å². The molecule has 0 aliphatic carbocycles. The van der Waals surface area contributed by atoms with Gasteiger partial charge in [-0.05, 0) is 13.3 Å². The summed E-state index contributed by atoms with van der Waals surface area (Å²) >= 11 is 0. The van der Waals surface area contributed by atoms with E-state index >= 15 is 0 Å². The fourth-order valence-electron chi connectivity index (χ4n) is 2.85. The highest BCUT2D eigenvalue weighted by atomic mass is 16.5. The summed E-state index contributed by atoms with van der Waals surface area (Å²) in [6, 6.07) is 11.6. The quantitative estimate of drug-likeness (QED) is 0.694. The number of carbonyl (C=O) groups excluding carboxylic acids is 1. The summed E-state index contributed by atoms with van der Waals surface area (Å²) in [5, 5.41) is 4.35. The van der Waals surface area contributed by atoms with Crippen molar-refractivity contribution in [3.8, 4) is 22.8 Å². The molecule has 0 atom stereocenters. The van der Waals surface area contributed by atoms with Crippen LogP contribution in [0.3, 0.4) is 0 Å². The standard InChI is InChI=1S/C18H16N4O2/c1-2-24-18(23)14-10-15-16-13(8-9-22(15)21-14)11-19-17(20-16)12-6-4-3-5-7-12/h3-7,10-11H,2,8-9H2,1H3. The van der Waals surface area contributed by atoms with E-state index in [-0.39, 0.29) is 0 Å². The summed E-state index contributed by atoms with van der Waals surface area (Å²) in [5.41, 5.74) is 4.01. The predicted molar refractivity (Wildman–Crippen MR) is 88.3 cm³/mol. The maximum atomic E-state index is 11.9. The fraction of sp³-hybridized carbons (Fsp3) is 0.222. The van der Waals surface area contributed by atoms with Gasteiger partial charge in [-0.3, -0.25) is 4.68 Å². The number of rotatable bonds is 3. The minimum Gasteiger partial charge on any atom is -0.461 e. The summed E-state index contributed by atoms with van der Waals surface area (Å²) in [6.07, 6.45) is 2.66. The number of carbonyl (C=O) groups is 1. The lowest BCUT2D eigenvalue weighted by Crippen LogP contribution is -2.14. The van der Waals surface area contributed by atoms with E-state index in [0.29, 0.717) is 24.7 Å². The SMILES string of the molecule is CCOC(=O)c1cc2n(n1)CCc1cnc(-c3ccccc3)nc1-2. The van der Waals surface area contributed by atoms with Gasteiger partial charge in [-0.2, -0.15) is 5.10 Å². The van der Waals surface area contributed by atoms with Crippen LogP contribution in [-0.4, -0.2) is 32.3 Å². The molecule has 1 aliphatic rings. The molecule has 6 nitrogen and oxygen atoms in total. The van der Waals surface area contributed by atoms with Crippen LogP contribution >= 0.6 is 0 Å². The second kappa shape index (κ2) is 5.88. The monoisotopic (exact) mass is 320 g/mol. The molecule has 4 rings (SSSR count). The predicted octanol–water partition coefficient (Wildman–Crippen LogP) is 2.74. The fourth-order valence-corrected chi connectivity index (χ4v) is 2.85. The first-order valence-corrected chi connectivity index (χ1v) is 7.93. The molecule has 0 bridgehead atoms. The van der Waals surface area contributed by atoms with Crippen LogP contribution in [0.1, 0.15) is 23.0 Å². The van der Waals surface area contributed by atoms with Gasteiger partial charge in [0.25, 0.3) is 0 Å². The van der Waals surface area contributed by atoms with Crippen LogP contribution in [-0.2, 0) is 17.7 Å². The number of nitrogens with zero attached hydrogens (tertiary/aromatic N) is 4. The van der Waals surface area contributed by atoms with Crippen LogP contribution in [0.5, 0.6) is 0 Å². The molecule has 0 amide bonds. The highest BCUT2D eigenvalue weighted by Gasteiger charge is 2.23. The number of benzene rings is 1. The van der Waals surface area contributed by atoms with Crippen molar-refractivity contribution in [1.29, 1.82) is 0 Å². The Morgan fingerprint density at radius 1 is 1.29 bits per heavy atom. The van der Waals surface area contributed by atoms with Crippen molar-refractivity contribution in [1.82, 2.24) is 19.7 Å². The Morgan fingerprint density at radius 2 is 2.12 bits per heavy atom. The topological polar surface area (TPSA) is 69.9 Å². The van der Waals surface area contributed by atoms with Crippen molar-refractivity contribution in [2.75, 3.05) is 6.61 Å². The van der Waals surface area contributed by atoms with E-state index in [0.717, 1.165) is 28.9 Å². The number of esters is 1. The number of aryl methyl sites for hydroxylation is 2. The molecule has 24 heavy (non-hydrogen) atoms. The van der Waals surface area contributed by atoms with Crippen molar-refractivity contribution < 1.29 is 9.53 Å². The molecule has 0 radical (unpaired) electrons. The smallest absolute Gasteiger partial charge is 0.358 e. The summed E-state index contributed by atoms with van der Waals surface area (Å²) in [4.78, 5) is 21.1. The lowest BCUT2D eigenvalue weighted by molar-refractivity contribution is 0.0518. The van der Waals surface area contributed by atoms with Gasteiger partial charge in [-0.25, -0.2) is 14.8 Å². The average molecular weight is 320 g/mol. The first-order valence-electron chi connectivity index (χ1n) is 7.93. The third-order valence-corrected chi connectivity index (χ3v) is 4.00. The molecule has 0 unspecified atom stereocenters. The molecule has 0 saturated carbocycles. The minimum atomic E-state index is -0.404. The van der Waals surface area contributed by atoms with Crippen molar-refractivity contribution in [3.63, 3.8) is 0 Å². The Bertz CT molecular complexity index is 903. The van der Waals surface area contributed by atoms with Crippen LogP contribution in [0, 0.1) is 0 Å². The third-order valence-electron chi connectivity index (χ3n) is 4.00. The molecule has 0 saturated heterocycles. The highest BCUT2D eigenvalue weighted by molar-refractivity contribution is 5.88. The number of aromatic nitrogens is 4. The highest BCUT2D eigenvalue weighted by Crippen LogP contribution is 2.29. The van der Waals surface area contributed by atoms with Gasteiger partial charge in [-0.1, -0.05) is 30.3 Å². The van der Waals surface area contributed by atoms with E-state index in [2.05, 4.69) is 10.1 Å². The lowest BCUT2D eigenvalue weighted by atomic mass is 10.1. The summed E-state index contributed by atoms with van der Waals surface area (Å²) in [6.45, 7) is 2.82. The maximum absolute atomic E-state index is 11.9. The van der Waals surface area contributed by atoms with Crippen LogP contribution in [0.15, 0.2) is 42.6 Å². The van der Waals surface area contributed by atoms with Gasteiger partial charge in [0.2, 0.25) is 0 Å². The van der Waals surface area contributed by atoms with E-state index < -0.39 is 5.97 Å². The zero-order valence-corrected chi connectivity index (χ0v) is 13.3. The molecular weight excluding hydrogens is 304 g/mol.